The Morgan fingerprint density at radius 1 is 1.41 bits per heavy atom. The van der Waals surface area contributed by atoms with E-state index in [1.165, 1.54) is 17.7 Å². The SMILES string of the molecule is CCNC(=NCC(O)COc1cccc(C(F)(F)F)c1)N1CCC(c2cnn(C)c2)C1.I. The van der Waals surface area contributed by atoms with Crippen molar-refractivity contribution >= 4 is 29.9 Å². The van der Waals surface area contributed by atoms with Gasteiger partial charge in [-0.05, 0) is 37.1 Å². The fourth-order valence-electron chi connectivity index (χ4n) is 3.50. The molecule has 178 valence electrons. The fourth-order valence-corrected chi connectivity index (χ4v) is 3.50. The summed E-state index contributed by atoms with van der Waals surface area (Å²) in [4.78, 5) is 6.64. The zero-order valence-corrected chi connectivity index (χ0v) is 20.4. The number of nitrogens with zero attached hydrogens (tertiary/aromatic N) is 4. The molecule has 0 amide bonds. The average Bonchev–Trinajstić information content (AvgIpc) is 3.38. The highest BCUT2D eigenvalue weighted by Gasteiger charge is 2.30. The molecule has 2 atom stereocenters. The van der Waals surface area contributed by atoms with Crippen LogP contribution in [-0.2, 0) is 13.2 Å². The number of aliphatic hydroxyl groups is 1. The van der Waals surface area contributed by atoms with Gasteiger partial charge in [-0.25, -0.2) is 0 Å². The number of benzene rings is 1. The van der Waals surface area contributed by atoms with Gasteiger partial charge in [0.25, 0.3) is 0 Å². The predicted molar refractivity (Wildman–Crippen MR) is 126 cm³/mol. The minimum atomic E-state index is -4.44. The van der Waals surface area contributed by atoms with Crippen LogP contribution in [0, 0.1) is 0 Å². The summed E-state index contributed by atoms with van der Waals surface area (Å²) in [5, 5.41) is 17.7. The van der Waals surface area contributed by atoms with Crippen LogP contribution in [-0.4, -0.2) is 64.6 Å². The van der Waals surface area contributed by atoms with Crippen LogP contribution in [0.4, 0.5) is 13.2 Å². The second kappa shape index (κ2) is 11.7. The van der Waals surface area contributed by atoms with Crippen LogP contribution >= 0.6 is 24.0 Å². The lowest BCUT2D eigenvalue weighted by atomic mass is 10.0. The van der Waals surface area contributed by atoms with Gasteiger partial charge in [0.2, 0.25) is 0 Å². The third kappa shape index (κ3) is 7.26. The van der Waals surface area contributed by atoms with E-state index in [9.17, 15) is 18.3 Å². The number of hydrogen-bond donors (Lipinski definition) is 2. The molecule has 0 radical (unpaired) electrons. The maximum absolute atomic E-state index is 12.8. The zero-order valence-electron chi connectivity index (χ0n) is 18.0. The quantitative estimate of drug-likeness (QED) is 0.306. The van der Waals surface area contributed by atoms with Crippen molar-refractivity contribution in [1.29, 1.82) is 0 Å². The van der Waals surface area contributed by atoms with Crippen molar-refractivity contribution in [2.45, 2.75) is 31.5 Å². The molecule has 3 rings (SSSR count). The second-order valence-corrected chi connectivity index (χ2v) is 7.56. The van der Waals surface area contributed by atoms with Crippen LogP contribution in [0.1, 0.15) is 30.4 Å². The monoisotopic (exact) mass is 567 g/mol. The first-order valence-electron chi connectivity index (χ1n) is 10.3. The number of ether oxygens (including phenoxy) is 1. The number of aryl methyl sites for hydroxylation is 1. The van der Waals surface area contributed by atoms with Gasteiger partial charge < -0.3 is 20.1 Å². The molecular weight excluding hydrogens is 538 g/mol. The normalized spacial score (nSPS) is 17.8. The van der Waals surface area contributed by atoms with Crippen molar-refractivity contribution < 1.29 is 23.0 Å². The minimum Gasteiger partial charge on any atom is -0.491 e. The smallest absolute Gasteiger partial charge is 0.416 e. The Morgan fingerprint density at radius 2 is 2.19 bits per heavy atom. The third-order valence-electron chi connectivity index (χ3n) is 5.07. The molecule has 11 heteroatoms. The van der Waals surface area contributed by atoms with Crippen molar-refractivity contribution in [2.24, 2.45) is 12.0 Å². The molecule has 2 aromatic rings. The number of aliphatic imine (C=N–C) groups is 1. The highest BCUT2D eigenvalue weighted by molar-refractivity contribution is 14.0. The molecule has 2 N–H and O–H groups in total. The number of hydrogen-bond acceptors (Lipinski definition) is 4. The van der Waals surface area contributed by atoms with Gasteiger partial charge in [0, 0.05) is 38.8 Å². The summed E-state index contributed by atoms with van der Waals surface area (Å²) in [7, 11) is 1.89. The molecule has 1 aliphatic rings. The van der Waals surface area contributed by atoms with E-state index >= 15 is 0 Å². The van der Waals surface area contributed by atoms with Gasteiger partial charge in [0.1, 0.15) is 18.5 Å². The van der Waals surface area contributed by atoms with Crippen LogP contribution in [0.2, 0.25) is 0 Å². The molecule has 2 unspecified atom stereocenters. The lowest BCUT2D eigenvalue weighted by Gasteiger charge is -2.22. The van der Waals surface area contributed by atoms with Crippen molar-refractivity contribution in [3.63, 3.8) is 0 Å². The molecule has 0 aliphatic carbocycles. The Balaban J connectivity index is 0.00000363. The number of rotatable bonds is 7. The van der Waals surface area contributed by atoms with Gasteiger partial charge in [-0.3, -0.25) is 9.67 Å². The summed E-state index contributed by atoms with van der Waals surface area (Å²) >= 11 is 0. The van der Waals surface area contributed by atoms with Crippen LogP contribution in [0.5, 0.6) is 5.75 Å². The molecule has 1 aromatic heterocycles. The summed E-state index contributed by atoms with van der Waals surface area (Å²) in [5.74, 6) is 1.13. The number of guanidine groups is 1. The number of likely N-dealkylation sites (tertiary alicyclic amines) is 1. The van der Waals surface area contributed by atoms with Crippen LogP contribution in [0.15, 0.2) is 41.7 Å². The molecule has 0 bridgehead atoms. The lowest BCUT2D eigenvalue weighted by molar-refractivity contribution is -0.137. The van der Waals surface area contributed by atoms with Gasteiger partial charge in [0.05, 0.1) is 18.3 Å². The van der Waals surface area contributed by atoms with Crippen molar-refractivity contribution in [1.82, 2.24) is 20.0 Å². The average molecular weight is 567 g/mol. The van der Waals surface area contributed by atoms with Crippen molar-refractivity contribution in [3.8, 4) is 5.75 Å². The van der Waals surface area contributed by atoms with Gasteiger partial charge in [-0.15, -0.1) is 24.0 Å². The van der Waals surface area contributed by atoms with Crippen molar-refractivity contribution in [3.05, 3.63) is 47.8 Å². The highest BCUT2D eigenvalue weighted by atomic mass is 127. The number of aliphatic hydroxyl groups excluding tert-OH is 1. The van der Waals surface area contributed by atoms with E-state index in [2.05, 4.69) is 20.3 Å². The Morgan fingerprint density at radius 3 is 2.84 bits per heavy atom. The maximum atomic E-state index is 12.8. The van der Waals surface area contributed by atoms with Crippen molar-refractivity contribution in [2.75, 3.05) is 32.8 Å². The number of aromatic nitrogens is 2. The van der Waals surface area contributed by atoms with E-state index in [4.69, 9.17) is 4.74 Å². The van der Waals surface area contributed by atoms with E-state index in [-0.39, 0.29) is 42.9 Å². The van der Waals surface area contributed by atoms with Gasteiger partial charge in [-0.2, -0.15) is 18.3 Å². The van der Waals surface area contributed by atoms with E-state index < -0.39 is 17.8 Å². The van der Waals surface area contributed by atoms with Crippen LogP contribution in [0.25, 0.3) is 0 Å². The first-order chi connectivity index (χ1) is 14.8. The standard InChI is InChI=1S/C21H28F3N5O2.HI/c1-3-25-20(29-8-7-15(13-29)16-10-27-28(2)12-16)26-11-18(30)14-31-19-6-4-5-17(9-19)21(22,23)24;/h4-6,9-10,12,15,18,30H,3,7-8,11,13-14H2,1-2H3,(H,25,26);1H. The predicted octanol–water partition coefficient (Wildman–Crippen LogP) is 3.25. The van der Waals surface area contributed by atoms with Crippen LogP contribution < -0.4 is 10.1 Å². The van der Waals surface area contributed by atoms with Gasteiger partial charge >= 0.3 is 6.18 Å². The number of halogens is 4. The van der Waals surface area contributed by atoms with Crippen LogP contribution in [0.3, 0.4) is 0 Å². The molecule has 32 heavy (non-hydrogen) atoms. The Kier molecular flexibility index (Phi) is 9.62. The molecule has 7 nitrogen and oxygen atoms in total. The van der Waals surface area contributed by atoms with E-state index in [0.717, 1.165) is 31.6 Å². The summed E-state index contributed by atoms with van der Waals surface area (Å²) in [6, 6.07) is 4.60. The third-order valence-corrected chi connectivity index (χ3v) is 5.07. The zero-order chi connectivity index (χ0) is 22.4. The number of nitrogens with one attached hydrogen (secondary N) is 1. The second-order valence-electron chi connectivity index (χ2n) is 7.56. The van der Waals surface area contributed by atoms with E-state index in [1.54, 1.807) is 4.68 Å². The molecule has 0 spiro atoms. The molecule has 1 aromatic carbocycles. The summed E-state index contributed by atoms with van der Waals surface area (Å²) in [6.07, 6.45) is -0.496. The molecule has 1 fully saturated rings. The Hall–Kier alpha value is -2.02. The number of alkyl halides is 3. The molecule has 1 aliphatic heterocycles. The summed E-state index contributed by atoms with van der Waals surface area (Å²) in [6.45, 7) is 4.22. The Labute approximate surface area is 202 Å². The molecular formula is C21H29F3IN5O2. The van der Waals surface area contributed by atoms with E-state index in [1.807, 2.05) is 26.4 Å². The molecule has 1 saturated heterocycles. The topological polar surface area (TPSA) is 74.9 Å². The summed E-state index contributed by atoms with van der Waals surface area (Å²) < 4.78 is 45.5. The maximum Gasteiger partial charge on any atom is 0.416 e. The fraction of sp³-hybridized carbons (Fsp3) is 0.524. The largest absolute Gasteiger partial charge is 0.491 e. The highest BCUT2D eigenvalue weighted by Crippen LogP contribution is 2.31. The molecule has 2 heterocycles. The first-order valence-corrected chi connectivity index (χ1v) is 10.3. The minimum absolute atomic E-state index is 0. The first kappa shape index (κ1) is 26.2. The summed E-state index contributed by atoms with van der Waals surface area (Å²) in [5.41, 5.74) is 0.402. The van der Waals surface area contributed by atoms with Gasteiger partial charge in [0.15, 0.2) is 5.96 Å². The molecule has 0 saturated carbocycles. The lowest BCUT2D eigenvalue weighted by Crippen LogP contribution is -2.40. The Bertz CT molecular complexity index is 890. The van der Waals surface area contributed by atoms with E-state index in [0.29, 0.717) is 18.4 Å². The van der Waals surface area contributed by atoms with Gasteiger partial charge in [-0.1, -0.05) is 6.07 Å².